The Kier molecular flexibility index (Phi) is 4.51. The van der Waals surface area contributed by atoms with E-state index in [1.54, 1.807) is 11.1 Å². The summed E-state index contributed by atoms with van der Waals surface area (Å²) in [7, 11) is -1.22. The van der Waals surface area contributed by atoms with Gasteiger partial charge in [0.2, 0.25) is 0 Å². The molecule has 0 aliphatic heterocycles. The Labute approximate surface area is 114 Å². The highest BCUT2D eigenvalue weighted by molar-refractivity contribution is 6.83. The van der Waals surface area contributed by atoms with Crippen molar-refractivity contribution in [2.75, 3.05) is 0 Å². The molecule has 18 heavy (non-hydrogen) atoms. The fraction of sp³-hybridized carbons (Fsp3) is 0.647. The Morgan fingerprint density at radius 3 is 2.28 bits per heavy atom. The zero-order valence-electron chi connectivity index (χ0n) is 12.2. The monoisotopic (exact) mass is 258 g/mol. The van der Waals surface area contributed by atoms with Gasteiger partial charge < -0.3 is 0 Å². The van der Waals surface area contributed by atoms with Gasteiger partial charge in [0, 0.05) is 5.57 Å². The Bertz CT molecular complexity index is 413. The third-order valence-electron chi connectivity index (χ3n) is 3.72. The van der Waals surface area contributed by atoms with Crippen LogP contribution in [0.4, 0.5) is 0 Å². The summed E-state index contributed by atoms with van der Waals surface area (Å²) in [5, 5.41) is 0. The molecule has 2 rings (SSSR count). The highest BCUT2D eigenvalue weighted by Gasteiger charge is 2.14. The van der Waals surface area contributed by atoms with E-state index in [2.05, 4.69) is 37.2 Å². The van der Waals surface area contributed by atoms with Crippen molar-refractivity contribution < 1.29 is 0 Å². The zero-order valence-corrected chi connectivity index (χ0v) is 13.2. The predicted octanol–water partition coefficient (Wildman–Crippen LogP) is 5.24. The topological polar surface area (TPSA) is 0 Å². The predicted molar refractivity (Wildman–Crippen MR) is 83.2 cm³/mol. The summed E-state index contributed by atoms with van der Waals surface area (Å²) < 4.78 is 0. The van der Waals surface area contributed by atoms with Crippen molar-refractivity contribution in [2.24, 2.45) is 0 Å². The molecule has 2 aliphatic rings. The highest BCUT2D eigenvalue weighted by Crippen LogP contribution is 2.31. The summed E-state index contributed by atoms with van der Waals surface area (Å²) in [4.78, 5) is 0. The van der Waals surface area contributed by atoms with Crippen LogP contribution in [0.25, 0.3) is 0 Å². The third-order valence-corrected chi connectivity index (χ3v) is 4.60. The van der Waals surface area contributed by atoms with Crippen molar-refractivity contribution in [3.63, 3.8) is 0 Å². The number of hydrogen-bond donors (Lipinski definition) is 0. The molecular formula is C17H26Si. The third kappa shape index (κ3) is 4.17. The molecule has 0 saturated heterocycles. The fourth-order valence-corrected chi connectivity index (χ4v) is 3.25. The van der Waals surface area contributed by atoms with Gasteiger partial charge in [-0.2, -0.15) is 0 Å². The lowest BCUT2D eigenvalue weighted by Crippen LogP contribution is -2.16. The second-order valence-electron chi connectivity index (χ2n) is 6.72. The van der Waals surface area contributed by atoms with Crippen LogP contribution >= 0.6 is 0 Å². The van der Waals surface area contributed by atoms with E-state index in [-0.39, 0.29) is 0 Å². The van der Waals surface area contributed by atoms with Crippen LogP contribution in [0.5, 0.6) is 0 Å². The summed E-state index contributed by atoms with van der Waals surface area (Å²) in [5.74, 6) is 3.51. The van der Waals surface area contributed by atoms with Crippen molar-refractivity contribution in [2.45, 2.75) is 71.0 Å². The molecule has 0 heterocycles. The van der Waals surface area contributed by atoms with Gasteiger partial charge in [-0.05, 0) is 50.5 Å². The first kappa shape index (κ1) is 13.7. The number of allylic oxidation sites excluding steroid dienone is 4. The SMILES string of the molecule is C[Si](C)(C)C#CC1=C(C=C2CCCCC2)CCC1. The van der Waals surface area contributed by atoms with E-state index < -0.39 is 8.07 Å². The van der Waals surface area contributed by atoms with Gasteiger partial charge in [-0.25, -0.2) is 0 Å². The molecule has 0 atom stereocenters. The molecule has 1 heteroatoms. The van der Waals surface area contributed by atoms with Crippen molar-refractivity contribution in [1.29, 1.82) is 0 Å². The molecule has 0 radical (unpaired) electrons. The van der Waals surface area contributed by atoms with Crippen LogP contribution in [0.15, 0.2) is 22.8 Å². The number of rotatable bonds is 1. The maximum atomic E-state index is 3.53. The van der Waals surface area contributed by atoms with Crippen molar-refractivity contribution in [3.8, 4) is 11.5 Å². The van der Waals surface area contributed by atoms with Gasteiger partial charge in [0.25, 0.3) is 0 Å². The van der Waals surface area contributed by atoms with E-state index in [0.29, 0.717) is 0 Å². The van der Waals surface area contributed by atoms with E-state index in [9.17, 15) is 0 Å². The molecule has 0 unspecified atom stereocenters. The largest absolute Gasteiger partial charge is 0.129 e. The average Bonchev–Trinajstić information content (AvgIpc) is 2.74. The van der Waals surface area contributed by atoms with Gasteiger partial charge in [-0.15, -0.1) is 5.54 Å². The zero-order chi connectivity index (χ0) is 13.0. The van der Waals surface area contributed by atoms with Crippen molar-refractivity contribution in [3.05, 3.63) is 22.8 Å². The molecule has 0 nitrogen and oxygen atoms in total. The summed E-state index contributed by atoms with van der Waals surface area (Å²) >= 11 is 0. The normalized spacial score (nSPS) is 20.7. The van der Waals surface area contributed by atoms with E-state index in [1.165, 1.54) is 56.9 Å². The average molecular weight is 258 g/mol. The molecule has 1 saturated carbocycles. The lowest BCUT2D eigenvalue weighted by molar-refractivity contribution is 0.598. The highest BCUT2D eigenvalue weighted by atomic mass is 28.3. The first-order chi connectivity index (χ1) is 8.54. The summed E-state index contributed by atoms with van der Waals surface area (Å²) in [5.41, 5.74) is 8.24. The first-order valence-corrected chi connectivity index (χ1v) is 11.0. The maximum Gasteiger partial charge on any atom is 0.129 e. The van der Waals surface area contributed by atoms with E-state index in [1.807, 2.05) is 0 Å². The lowest BCUT2D eigenvalue weighted by atomic mass is 9.93. The molecule has 98 valence electrons. The van der Waals surface area contributed by atoms with E-state index >= 15 is 0 Å². The van der Waals surface area contributed by atoms with Gasteiger partial charge in [-0.1, -0.05) is 43.6 Å². The number of hydrogen-bond acceptors (Lipinski definition) is 0. The first-order valence-electron chi connectivity index (χ1n) is 7.49. The molecule has 0 aromatic carbocycles. The minimum atomic E-state index is -1.22. The molecule has 0 amide bonds. The molecule has 0 aromatic rings. The molecule has 0 bridgehead atoms. The van der Waals surface area contributed by atoms with Crippen molar-refractivity contribution in [1.82, 2.24) is 0 Å². The minimum Gasteiger partial charge on any atom is -0.127 e. The molecule has 0 spiro atoms. The van der Waals surface area contributed by atoms with Gasteiger partial charge >= 0.3 is 0 Å². The van der Waals surface area contributed by atoms with Crippen LogP contribution in [-0.2, 0) is 0 Å². The van der Waals surface area contributed by atoms with Crippen LogP contribution in [0.1, 0.15) is 51.4 Å². The second-order valence-corrected chi connectivity index (χ2v) is 11.5. The van der Waals surface area contributed by atoms with Gasteiger partial charge in [0.15, 0.2) is 0 Å². The molecule has 2 aliphatic carbocycles. The summed E-state index contributed by atoms with van der Waals surface area (Å²) in [6.45, 7) is 6.98. The standard InChI is InChI=1S/C17H26Si/c1-18(2,3)13-12-16-10-7-11-17(16)14-15-8-5-4-6-9-15/h14H,4-11H2,1-3H3. The van der Waals surface area contributed by atoms with Crippen LogP contribution in [0.3, 0.4) is 0 Å². The Balaban J connectivity index is 2.15. The lowest BCUT2D eigenvalue weighted by Gasteiger charge is -2.13. The van der Waals surface area contributed by atoms with E-state index in [4.69, 9.17) is 0 Å². The van der Waals surface area contributed by atoms with Crippen LogP contribution < -0.4 is 0 Å². The summed E-state index contributed by atoms with van der Waals surface area (Å²) in [6, 6.07) is 0. The molecule has 0 aromatic heterocycles. The van der Waals surface area contributed by atoms with E-state index in [0.717, 1.165) is 0 Å². The minimum absolute atomic E-state index is 1.22. The van der Waals surface area contributed by atoms with Gasteiger partial charge in [0.05, 0.1) is 0 Å². The van der Waals surface area contributed by atoms with Crippen molar-refractivity contribution >= 4 is 8.07 Å². The van der Waals surface area contributed by atoms with Crippen LogP contribution in [-0.4, -0.2) is 8.07 Å². The smallest absolute Gasteiger partial charge is 0.127 e. The van der Waals surface area contributed by atoms with Crippen LogP contribution in [0.2, 0.25) is 19.6 Å². The quantitative estimate of drug-likeness (QED) is 0.446. The molecular weight excluding hydrogens is 232 g/mol. The summed E-state index contributed by atoms with van der Waals surface area (Å²) in [6.07, 6.45) is 13.2. The molecule has 1 fully saturated rings. The Morgan fingerprint density at radius 1 is 0.889 bits per heavy atom. The Hall–Kier alpha value is -0.743. The molecule has 0 N–H and O–H groups in total. The second kappa shape index (κ2) is 5.93. The fourth-order valence-electron chi connectivity index (χ4n) is 2.73. The maximum absolute atomic E-state index is 3.53. The van der Waals surface area contributed by atoms with Gasteiger partial charge in [0.1, 0.15) is 8.07 Å². The van der Waals surface area contributed by atoms with Gasteiger partial charge in [-0.3, -0.25) is 0 Å². The Morgan fingerprint density at radius 2 is 1.61 bits per heavy atom. The van der Waals surface area contributed by atoms with Crippen LogP contribution in [0, 0.1) is 11.5 Å².